The Balaban J connectivity index is 1.90. The summed E-state index contributed by atoms with van der Waals surface area (Å²) in [5, 5.41) is 2.76. The molecule has 0 radical (unpaired) electrons. The SMILES string of the molecule is Nc1cc2c(cc1C(=O)Nc1ccncc1Br)OCO2. The van der Waals surface area contributed by atoms with Gasteiger partial charge < -0.3 is 20.5 Å². The molecule has 3 rings (SSSR count). The number of ether oxygens (including phenoxy) is 2. The number of nitrogen functional groups attached to an aromatic ring is 1. The van der Waals surface area contributed by atoms with Gasteiger partial charge in [0.05, 0.1) is 15.7 Å². The van der Waals surface area contributed by atoms with Crippen molar-refractivity contribution in [2.75, 3.05) is 17.8 Å². The van der Waals surface area contributed by atoms with Crippen molar-refractivity contribution in [3.63, 3.8) is 0 Å². The van der Waals surface area contributed by atoms with Crippen LogP contribution in [-0.4, -0.2) is 17.7 Å². The summed E-state index contributed by atoms with van der Waals surface area (Å²) in [5.41, 5.74) is 7.14. The molecule has 3 N–H and O–H groups in total. The summed E-state index contributed by atoms with van der Waals surface area (Å²) in [6.45, 7) is 0.135. The molecule has 102 valence electrons. The molecule has 20 heavy (non-hydrogen) atoms. The van der Waals surface area contributed by atoms with Crippen LogP contribution in [0.25, 0.3) is 0 Å². The highest BCUT2D eigenvalue weighted by Crippen LogP contribution is 2.36. The molecule has 7 heteroatoms. The van der Waals surface area contributed by atoms with Crippen molar-refractivity contribution in [1.82, 2.24) is 4.98 Å². The standard InChI is InChI=1S/C13H10BrN3O3/c14-8-5-16-2-1-10(8)17-13(18)7-3-11-12(4-9(7)15)20-6-19-11/h1-5H,6,15H2,(H,16,17,18). The molecule has 1 aliphatic heterocycles. The van der Waals surface area contributed by atoms with Gasteiger partial charge in [0.2, 0.25) is 6.79 Å². The van der Waals surface area contributed by atoms with E-state index in [0.29, 0.717) is 32.9 Å². The van der Waals surface area contributed by atoms with Gasteiger partial charge in [0.25, 0.3) is 5.91 Å². The Hall–Kier alpha value is -2.28. The topological polar surface area (TPSA) is 86.5 Å². The number of carbonyl (C=O) groups excluding carboxylic acids is 1. The Morgan fingerprint density at radius 1 is 1.35 bits per heavy atom. The van der Waals surface area contributed by atoms with Gasteiger partial charge in [-0.05, 0) is 28.1 Å². The first-order valence-corrected chi connectivity index (χ1v) is 6.54. The number of amides is 1. The van der Waals surface area contributed by atoms with Gasteiger partial charge in [-0.1, -0.05) is 0 Å². The Bertz CT molecular complexity index is 691. The van der Waals surface area contributed by atoms with Crippen LogP contribution < -0.4 is 20.5 Å². The molecule has 0 unspecified atom stereocenters. The third-order valence-corrected chi connectivity index (χ3v) is 3.44. The van der Waals surface area contributed by atoms with E-state index in [4.69, 9.17) is 15.2 Å². The Kier molecular flexibility index (Phi) is 3.19. The summed E-state index contributed by atoms with van der Waals surface area (Å²) in [6.07, 6.45) is 3.18. The summed E-state index contributed by atoms with van der Waals surface area (Å²) >= 11 is 3.31. The third kappa shape index (κ3) is 2.27. The third-order valence-electron chi connectivity index (χ3n) is 2.81. The lowest BCUT2D eigenvalue weighted by Crippen LogP contribution is -2.14. The van der Waals surface area contributed by atoms with Crippen LogP contribution in [0, 0.1) is 0 Å². The lowest BCUT2D eigenvalue weighted by atomic mass is 10.1. The van der Waals surface area contributed by atoms with Crippen molar-refractivity contribution in [1.29, 1.82) is 0 Å². The van der Waals surface area contributed by atoms with E-state index in [1.165, 1.54) is 0 Å². The minimum Gasteiger partial charge on any atom is -0.454 e. The predicted octanol–water partition coefficient (Wildman–Crippen LogP) is 2.41. The van der Waals surface area contributed by atoms with Crippen LogP contribution in [0.2, 0.25) is 0 Å². The Labute approximate surface area is 123 Å². The Morgan fingerprint density at radius 3 is 2.85 bits per heavy atom. The fourth-order valence-corrected chi connectivity index (χ4v) is 2.17. The van der Waals surface area contributed by atoms with E-state index in [1.54, 1.807) is 30.6 Å². The number of fused-ring (bicyclic) bond motifs is 1. The van der Waals surface area contributed by atoms with Gasteiger partial charge >= 0.3 is 0 Å². The lowest BCUT2D eigenvalue weighted by molar-refractivity contribution is 0.102. The fraction of sp³-hybridized carbons (Fsp3) is 0.0769. The molecule has 1 aliphatic rings. The van der Waals surface area contributed by atoms with Gasteiger partial charge in [-0.15, -0.1) is 0 Å². The molecule has 6 nitrogen and oxygen atoms in total. The average Bonchev–Trinajstić information content (AvgIpc) is 2.87. The van der Waals surface area contributed by atoms with E-state index < -0.39 is 0 Å². The van der Waals surface area contributed by atoms with Gasteiger partial charge in [0, 0.05) is 24.1 Å². The van der Waals surface area contributed by atoms with Crippen LogP contribution in [0.1, 0.15) is 10.4 Å². The Morgan fingerprint density at radius 2 is 2.10 bits per heavy atom. The van der Waals surface area contributed by atoms with Crippen molar-refractivity contribution in [2.24, 2.45) is 0 Å². The number of rotatable bonds is 2. The predicted molar refractivity (Wildman–Crippen MR) is 76.9 cm³/mol. The maximum atomic E-state index is 12.3. The molecular formula is C13H10BrN3O3. The molecule has 0 atom stereocenters. The lowest BCUT2D eigenvalue weighted by Gasteiger charge is -2.09. The van der Waals surface area contributed by atoms with Crippen molar-refractivity contribution in [3.05, 3.63) is 40.6 Å². The molecule has 1 aromatic heterocycles. The first-order valence-electron chi connectivity index (χ1n) is 5.75. The van der Waals surface area contributed by atoms with E-state index in [2.05, 4.69) is 26.2 Å². The summed E-state index contributed by atoms with van der Waals surface area (Å²) in [5.74, 6) is 0.731. The maximum absolute atomic E-state index is 12.3. The first kappa shape index (κ1) is 12.7. The summed E-state index contributed by atoms with van der Waals surface area (Å²) in [4.78, 5) is 16.2. The first-order chi connectivity index (χ1) is 9.65. The number of aromatic nitrogens is 1. The van der Waals surface area contributed by atoms with Crippen LogP contribution in [0.4, 0.5) is 11.4 Å². The fourth-order valence-electron chi connectivity index (χ4n) is 1.82. The zero-order valence-electron chi connectivity index (χ0n) is 10.2. The number of hydrogen-bond acceptors (Lipinski definition) is 5. The minimum atomic E-state index is -0.326. The number of pyridine rings is 1. The van der Waals surface area contributed by atoms with Gasteiger partial charge in [0.1, 0.15) is 0 Å². The number of benzene rings is 1. The average molecular weight is 336 g/mol. The molecule has 0 aliphatic carbocycles. The summed E-state index contributed by atoms with van der Waals surface area (Å²) in [6, 6.07) is 4.84. The molecule has 1 aromatic carbocycles. The van der Waals surface area contributed by atoms with Gasteiger partial charge in [-0.2, -0.15) is 0 Å². The smallest absolute Gasteiger partial charge is 0.257 e. The number of nitrogens with one attached hydrogen (secondary N) is 1. The second-order valence-electron chi connectivity index (χ2n) is 4.10. The molecule has 1 amide bonds. The second kappa shape index (κ2) is 5.01. The molecule has 0 saturated carbocycles. The minimum absolute atomic E-state index is 0.135. The summed E-state index contributed by atoms with van der Waals surface area (Å²) in [7, 11) is 0. The van der Waals surface area contributed by atoms with Gasteiger partial charge in [-0.25, -0.2) is 0 Å². The highest BCUT2D eigenvalue weighted by atomic mass is 79.9. The highest BCUT2D eigenvalue weighted by Gasteiger charge is 2.20. The molecule has 0 saturated heterocycles. The zero-order chi connectivity index (χ0) is 14.1. The molecular weight excluding hydrogens is 326 g/mol. The molecule has 0 bridgehead atoms. The quantitative estimate of drug-likeness (QED) is 0.823. The number of nitrogens with zero attached hydrogens (tertiary/aromatic N) is 1. The molecule has 0 fully saturated rings. The number of carbonyl (C=O) groups is 1. The van der Waals surface area contributed by atoms with Crippen LogP contribution in [0.5, 0.6) is 11.5 Å². The van der Waals surface area contributed by atoms with Crippen molar-refractivity contribution >= 4 is 33.2 Å². The van der Waals surface area contributed by atoms with E-state index in [-0.39, 0.29) is 12.7 Å². The van der Waals surface area contributed by atoms with Crippen LogP contribution in [-0.2, 0) is 0 Å². The number of nitrogens with two attached hydrogens (primary N) is 1. The van der Waals surface area contributed by atoms with Crippen LogP contribution in [0.3, 0.4) is 0 Å². The van der Waals surface area contributed by atoms with Crippen molar-refractivity contribution in [3.8, 4) is 11.5 Å². The van der Waals surface area contributed by atoms with Crippen LogP contribution >= 0.6 is 15.9 Å². The number of anilines is 2. The van der Waals surface area contributed by atoms with E-state index in [9.17, 15) is 4.79 Å². The van der Waals surface area contributed by atoms with Crippen molar-refractivity contribution < 1.29 is 14.3 Å². The molecule has 2 heterocycles. The normalized spacial score (nSPS) is 12.2. The maximum Gasteiger partial charge on any atom is 0.257 e. The largest absolute Gasteiger partial charge is 0.454 e. The van der Waals surface area contributed by atoms with Crippen molar-refractivity contribution in [2.45, 2.75) is 0 Å². The van der Waals surface area contributed by atoms with Gasteiger partial charge in [-0.3, -0.25) is 9.78 Å². The monoisotopic (exact) mass is 335 g/mol. The second-order valence-corrected chi connectivity index (χ2v) is 4.96. The number of hydrogen-bond donors (Lipinski definition) is 2. The highest BCUT2D eigenvalue weighted by molar-refractivity contribution is 9.10. The van der Waals surface area contributed by atoms with E-state index in [1.807, 2.05) is 0 Å². The summed E-state index contributed by atoms with van der Waals surface area (Å²) < 4.78 is 11.1. The molecule has 0 spiro atoms. The number of halogens is 1. The van der Waals surface area contributed by atoms with E-state index >= 15 is 0 Å². The van der Waals surface area contributed by atoms with Gasteiger partial charge in [0.15, 0.2) is 11.5 Å². The molecule has 2 aromatic rings. The zero-order valence-corrected chi connectivity index (χ0v) is 11.8. The van der Waals surface area contributed by atoms with Crippen LogP contribution in [0.15, 0.2) is 35.1 Å². The van der Waals surface area contributed by atoms with E-state index in [0.717, 1.165) is 0 Å².